The zero-order valence-corrected chi connectivity index (χ0v) is 13.0. The molecule has 0 unspecified atom stereocenters. The second kappa shape index (κ2) is 4.71. The fourth-order valence-electron chi connectivity index (χ4n) is 2.09. The molecule has 20 heavy (non-hydrogen) atoms. The first-order chi connectivity index (χ1) is 9.50. The van der Waals surface area contributed by atoms with E-state index in [1.54, 1.807) is 31.2 Å². The number of aromatic nitrogens is 2. The van der Waals surface area contributed by atoms with E-state index < -0.39 is 10.0 Å². The molecule has 0 saturated carbocycles. The van der Waals surface area contributed by atoms with E-state index in [-0.39, 0.29) is 4.90 Å². The van der Waals surface area contributed by atoms with Crippen LogP contribution in [0.1, 0.15) is 5.69 Å². The van der Waals surface area contributed by atoms with Crippen LogP contribution < -0.4 is 0 Å². The highest BCUT2D eigenvalue weighted by Crippen LogP contribution is 2.30. The second-order valence-corrected chi connectivity index (χ2v) is 7.04. The Labute approximate surface area is 125 Å². The van der Waals surface area contributed by atoms with Gasteiger partial charge in [0.15, 0.2) is 0 Å². The molecule has 3 rings (SSSR count). The van der Waals surface area contributed by atoms with Crippen molar-refractivity contribution in [2.45, 2.75) is 11.8 Å². The molecular weight excluding hydrogens is 340 g/mol. The maximum Gasteiger partial charge on any atom is 0.283 e. The molecule has 0 bridgehead atoms. The molecule has 0 radical (unpaired) electrons. The van der Waals surface area contributed by atoms with Crippen molar-refractivity contribution in [2.75, 3.05) is 0 Å². The summed E-state index contributed by atoms with van der Waals surface area (Å²) >= 11 is 3.44. The Hall–Kier alpha value is -1.66. The molecule has 0 spiro atoms. The van der Waals surface area contributed by atoms with E-state index in [0.29, 0.717) is 11.1 Å². The number of hydrogen-bond acceptors (Lipinski definition) is 3. The summed E-state index contributed by atoms with van der Waals surface area (Å²) in [6.07, 6.45) is 1.46. The maximum atomic E-state index is 12.7. The number of rotatable bonds is 2. The third kappa shape index (κ3) is 2.05. The maximum absolute atomic E-state index is 12.7. The van der Waals surface area contributed by atoms with Crippen LogP contribution in [-0.4, -0.2) is 17.6 Å². The highest BCUT2D eigenvalue weighted by molar-refractivity contribution is 9.10. The van der Waals surface area contributed by atoms with Crippen LogP contribution >= 0.6 is 15.9 Å². The van der Waals surface area contributed by atoms with Gasteiger partial charge in [0.05, 0.1) is 10.6 Å². The molecule has 0 amide bonds. The zero-order chi connectivity index (χ0) is 14.3. The van der Waals surface area contributed by atoms with Crippen molar-refractivity contribution in [3.63, 3.8) is 0 Å². The van der Waals surface area contributed by atoms with Crippen LogP contribution in [0.25, 0.3) is 10.8 Å². The van der Waals surface area contributed by atoms with Gasteiger partial charge in [-0.1, -0.05) is 40.2 Å². The fourth-order valence-corrected chi connectivity index (χ4v) is 3.92. The van der Waals surface area contributed by atoms with Crippen LogP contribution in [-0.2, 0) is 10.0 Å². The molecule has 1 heterocycles. The van der Waals surface area contributed by atoms with Crippen LogP contribution in [0.5, 0.6) is 0 Å². The molecule has 0 fully saturated rings. The van der Waals surface area contributed by atoms with Gasteiger partial charge in [0.1, 0.15) is 0 Å². The lowest BCUT2D eigenvalue weighted by atomic mass is 10.1. The lowest BCUT2D eigenvalue weighted by Gasteiger charge is -2.09. The minimum Gasteiger partial charge on any atom is -0.199 e. The third-order valence-electron chi connectivity index (χ3n) is 3.05. The Bertz CT molecular complexity index is 900. The number of benzene rings is 2. The SMILES string of the molecule is Cc1ccn(S(=O)(=O)c2ccc(Br)c3ccccc23)n1. The molecule has 0 aliphatic heterocycles. The quantitative estimate of drug-likeness (QED) is 0.712. The van der Waals surface area contributed by atoms with Crippen molar-refractivity contribution in [3.8, 4) is 0 Å². The van der Waals surface area contributed by atoms with Crippen molar-refractivity contribution < 1.29 is 8.42 Å². The van der Waals surface area contributed by atoms with E-state index in [1.165, 1.54) is 6.20 Å². The predicted octanol–water partition coefficient (Wildman–Crippen LogP) is 3.34. The van der Waals surface area contributed by atoms with Crippen molar-refractivity contribution >= 4 is 36.7 Å². The Morgan fingerprint density at radius 1 is 1.05 bits per heavy atom. The third-order valence-corrected chi connectivity index (χ3v) is 5.35. The van der Waals surface area contributed by atoms with Gasteiger partial charge in [-0.3, -0.25) is 0 Å². The summed E-state index contributed by atoms with van der Waals surface area (Å²) in [4.78, 5) is 0.249. The van der Waals surface area contributed by atoms with Gasteiger partial charge in [0.2, 0.25) is 0 Å². The van der Waals surface area contributed by atoms with Gasteiger partial charge in [-0.25, -0.2) is 0 Å². The first-order valence-electron chi connectivity index (χ1n) is 5.95. The Morgan fingerprint density at radius 3 is 2.40 bits per heavy atom. The molecule has 0 aliphatic carbocycles. The summed E-state index contributed by atoms with van der Waals surface area (Å²) in [5.74, 6) is 0. The largest absolute Gasteiger partial charge is 0.283 e. The van der Waals surface area contributed by atoms with Gasteiger partial charge in [-0.15, -0.1) is 0 Å². The number of aryl methyl sites for hydroxylation is 1. The van der Waals surface area contributed by atoms with E-state index >= 15 is 0 Å². The summed E-state index contributed by atoms with van der Waals surface area (Å²) < 4.78 is 27.2. The smallest absolute Gasteiger partial charge is 0.199 e. The average molecular weight is 351 g/mol. The average Bonchev–Trinajstić information content (AvgIpc) is 2.87. The molecule has 6 heteroatoms. The molecule has 0 saturated heterocycles. The van der Waals surface area contributed by atoms with E-state index in [0.717, 1.165) is 13.9 Å². The normalized spacial score (nSPS) is 11.9. The molecule has 1 aromatic heterocycles. The molecule has 0 atom stereocenters. The first-order valence-corrected chi connectivity index (χ1v) is 8.18. The van der Waals surface area contributed by atoms with E-state index in [4.69, 9.17) is 0 Å². The van der Waals surface area contributed by atoms with Gasteiger partial charge in [-0.2, -0.15) is 17.6 Å². The second-order valence-electron chi connectivity index (χ2n) is 4.43. The highest BCUT2D eigenvalue weighted by atomic mass is 79.9. The number of nitrogens with zero attached hydrogens (tertiary/aromatic N) is 2. The summed E-state index contributed by atoms with van der Waals surface area (Å²) in [5.41, 5.74) is 0.662. The van der Waals surface area contributed by atoms with Crippen LogP contribution in [0.2, 0.25) is 0 Å². The van der Waals surface area contributed by atoms with Gasteiger partial charge >= 0.3 is 0 Å². The Kier molecular flexibility index (Phi) is 3.14. The Morgan fingerprint density at radius 2 is 1.75 bits per heavy atom. The highest BCUT2D eigenvalue weighted by Gasteiger charge is 2.21. The van der Waals surface area contributed by atoms with Crippen molar-refractivity contribution in [2.24, 2.45) is 0 Å². The van der Waals surface area contributed by atoms with E-state index in [9.17, 15) is 8.42 Å². The molecule has 3 aromatic rings. The van der Waals surface area contributed by atoms with Crippen molar-refractivity contribution in [3.05, 3.63) is 58.8 Å². The molecule has 2 aromatic carbocycles. The lowest BCUT2D eigenvalue weighted by molar-refractivity contribution is 0.580. The van der Waals surface area contributed by atoms with Gasteiger partial charge in [0.25, 0.3) is 10.0 Å². The summed E-state index contributed by atoms with van der Waals surface area (Å²) in [6, 6.07) is 12.4. The van der Waals surface area contributed by atoms with E-state index in [1.807, 2.05) is 18.2 Å². The summed E-state index contributed by atoms with van der Waals surface area (Å²) in [5, 5.41) is 5.54. The number of hydrogen-bond donors (Lipinski definition) is 0. The molecular formula is C14H11BrN2O2S. The summed E-state index contributed by atoms with van der Waals surface area (Å²) in [7, 11) is -3.68. The van der Waals surface area contributed by atoms with Gasteiger partial charge in [0, 0.05) is 16.1 Å². The van der Waals surface area contributed by atoms with E-state index in [2.05, 4.69) is 21.0 Å². The summed E-state index contributed by atoms with van der Waals surface area (Å²) in [6.45, 7) is 1.76. The topological polar surface area (TPSA) is 52.0 Å². The van der Waals surface area contributed by atoms with Crippen molar-refractivity contribution in [1.82, 2.24) is 9.19 Å². The molecule has 0 N–H and O–H groups in total. The standard InChI is InChI=1S/C14H11BrN2O2S/c1-10-8-9-17(16-10)20(18,19)14-7-6-13(15)11-4-2-3-5-12(11)14/h2-9H,1H3. The van der Waals surface area contributed by atoms with Crippen LogP contribution in [0.4, 0.5) is 0 Å². The molecule has 102 valence electrons. The van der Waals surface area contributed by atoms with Crippen LogP contribution in [0.15, 0.2) is 58.0 Å². The minimum atomic E-state index is -3.68. The molecule has 4 nitrogen and oxygen atoms in total. The minimum absolute atomic E-state index is 0.249. The first kappa shape index (κ1) is 13.3. The van der Waals surface area contributed by atoms with Crippen LogP contribution in [0, 0.1) is 6.92 Å². The number of halogens is 1. The van der Waals surface area contributed by atoms with Crippen LogP contribution in [0.3, 0.4) is 0 Å². The number of fused-ring (bicyclic) bond motifs is 1. The van der Waals surface area contributed by atoms with Gasteiger partial charge < -0.3 is 0 Å². The predicted molar refractivity (Wildman–Crippen MR) is 81.2 cm³/mol. The zero-order valence-electron chi connectivity index (χ0n) is 10.6. The molecule has 0 aliphatic rings. The monoisotopic (exact) mass is 350 g/mol. The Balaban J connectivity index is 2.33. The fraction of sp³-hybridized carbons (Fsp3) is 0.0714. The van der Waals surface area contributed by atoms with Crippen molar-refractivity contribution in [1.29, 1.82) is 0 Å². The lowest BCUT2D eigenvalue weighted by Crippen LogP contribution is -2.14. The van der Waals surface area contributed by atoms with Gasteiger partial charge in [-0.05, 0) is 30.5 Å².